The normalized spacial score (nSPS) is 11.8. The molecule has 0 aliphatic rings. The molecular weight excluding hydrogens is 190 g/mol. The zero-order valence-electron chi connectivity index (χ0n) is 8.77. The van der Waals surface area contributed by atoms with Gasteiger partial charge in [-0.1, -0.05) is 13.3 Å². The van der Waals surface area contributed by atoms with E-state index in [1.807, 2.05) is 13.0 Å². The average molecular weight is 205 g/mol. The summed E-state index contributed by atoms with van der Waals surface area (Å²) < 4.78 is 0. The highest BCUT2D eigenvalue weighted by Gasteiger charge is 2.05. The van der Waals surface area contributed by atoms with Crippen LogP contribution in [0.15, 0.2) is 18.3 Å². The van der Waals surface area contributed by atoms with Gasteiger partial charge in [0.1, 0.15) is 6.07 Å². The fraction of sp³-hybridized carbons (Fsp3) is 0.455. The Balaban J connectivity index is 2.54. The lowest BCUT2D eigenvalue weighted by atomic mass is 10.2. The van der Waals surface area contributed by atoms with Crippen LogP contribution in [0.4, 0.5) is 5.69 Å². The third-order valence-electron chi connectivity index (χ3n) is 2.06. The second-order valence-corrected chi connectivity index (χ2v) is 3.33. The maximum Gasteiger partial charge on any atom is 0.163 e. The molecule has 0 saturated heterocycles. The number of aromatic nitrogens is 1. The Labute approximate surface area is 89.6 Å². The van der Waals surface area contributed by atoms with Gasteiger partial charge in [0.15, 0.2) is 5.69 Å². The summed E-state index contributed by atoms with van der Waals surface area (Å²) in [5.74, 6) is 0. The van der Waals surface area contributed by atoms with Gasteiger partial charge in [-0.25, -0.2) is 4.98 Å². The summed E-state index contributed by atoms with van der Waals surface area (Å²) >= 11 is 0. The molecule has 0 saturated carbocycles. The van der Waals surface area contributed by atoms with Gasteiger partial charge in [-0.15, -0.1) is 0 Å². The first kappa shape index (κ1) is 11.5. The highest BCUT2D eigenvalue weighted by atomic mass is 16.3. The minimum absolute atomic E-state index is 0.362. The highest BCUT2D eigenvalue weighted by Crippen LogP contribution is 2.10. The second kappa shape index (κ2) is 5.99. The lowest BCUT2D eigenvalue weighted by Crippen LogP contribution is -2.19. The average Bonchev–Trinajstić information content (AvgIpc) is 2.27. The molecule has 2 N–H and O–H groups in total. The first-order valence-electron chi connectivity index (χ1n) is 5.05. The molecule has 0 aliphatic carbocycles. The number of aliphatic hydroxyl groups excluding tert-OH is 1. The minimum Gasteiger partial charge on any atom is -0.391 e. The van der Waals surface area contributed by atoms with E-state index in [1.54, 1.807) is 18.3 Å². The van der Waals surface area contributed by atoms with Crippen LogP contribution in [-0.4, -0.2) is 22.7 Å². The van der Waals surface area contributed by atoms with Crippen molar-refractivity contribution in [3.8, 4) is 6.07 Å². The molecular formula is C11H15N3O. The molecule has 1 unspecified atom stereocenters. The number of anilines is 1. The largest absolute Gasteiger partial charge is 0.391 e. The van der Waals surface area contributed by atoms with Crippen molar-refractivity contribution in [2.75, 3.05) is 11.9 Å². The Morgan fingerprint density at radius 1 is 1.67 bits per heavy atom. The summed E-state index contributed by atoms with van der Waals surface area (Å²) in [6.07, 6.45) is 2.91. The van der Waals surface area contributed by atoms with Gasteiger partial charge in [0.05, 0.1) is 11.8 Å². The van der Waals surface area contributed by atoms with Gasteiger partial charge in [-0.05, 0) is 18.6 Å². The van der Waals surface area contributed by atoms with Crippen molar-refractivity contribution in [2.45, 2.75) is 25.9 Å². The summed E-state index contributed by atoms with van der Waals surface area (Å²) in [6.45, 7) is 2.47. The first-order chi connectivity index (χ1) is 7.27. The van der Waals surface area contributed by atoms with Gasteiger partial charge in [0.25, 0.3) is 0 Å². The number of pyridine rings is 1. The zero-order valence-corrected chi connectivity index (χ0v) is 8.77. The molecule has 1 rings (SSSR count). The molecule has 0 aromatic carbocycles. The Morgan fingerprint density at radius 3 is 3.13 bits per heavy atom. The van der Waals surface area contributed by atoms with E-state index in [9.17, 15) is 5.11 Å². The van der Waals surface area contributed by atoms with Crippen molar-refractivity contribution >= 4 is 5.69 Å². The molecule has 0 spiro atoms. The minimum atomic E-state index is -0.373. The van der Waals surface area contributed by atoms with Crippen molar-refractivity contribution in [2.24, 2.45) is 0 Å². The Hall–Kier alpha value is -1.60. The topological polar surface area (TPSA) is 68.9 Å². The van der Waals surface area contributed by atoms with Crippen molar-refractivity contribution in [1.82, 2.24) is 4.98 Å². The van der Waals surface area contributed by atoms with E-state index < -0.39 is 0 Å². The lowest BCUT2D eigenvalue weighted by Gasteiger charge is -2.11. The van der Waals surface area contributed by atoms with Crippen LogP contribution in [0.5, 0.6) is 0 Å². The van der Waals surface area contributed by atoms with Gasteiger partial charge in [0.2, 0.25) is 0 Å². The lowest BCUT2D eigenvalue weighted by molar-refractivity contribution is 0.176. The van der Waals surface area contributed by atoms with E-state index >= 15 is 0 Å². The van der Waals surface area contributed by atoms with E-state index in [2.05, 4.69) is 10.3 Å². The van der Waals surface area contributed by atoms with Gasteiger partial charge in [0, 0.05) is 12.7 Å². The molecule has 0 aliphatic heterocycles. The molecule has 1 heterocycles. The van der Waals surface area contributed by atoms with Crippen LogP contribution in [0.2, 0.25) is 0 Å². The van der Waals surface area contributed by atoms with Crippen LogP contribution in [-0.2, 0) is 0 Å². The summed E-state index contributed by atoms with van der Waals surface area (Å²) in [4.78, 5) is 3.92. The van der Waals surface area contributed by atoms with Gasteiger partial charge in [-0.2, -0.15) is 5.26 Å². The van der Waals surface area contributed by atoms with Crippen molar-refractivity contribution in [1.29, 1.82) is 5.26 Å². The monoisotopic (exact) mass is 205 g/mol. The summed E-state index contributed by atoms with van der Waals surface area (Å²) in [7, 11) is 0. The number of nitrogens with one attached hydrogen (secondary N) is 1. The SMILES string of the molecule is CCCC(O)CNc1cccnc1C#N. The van der Waals surface area contributed by atoms with Crippen LogP contribution in [0.3, 0.4) is 0 Å². The molecule has 4 heteroatoms. The quantitative estimate of drug-likeness (QED) is 0.764. The Bertz CT molecular complexity index is 346. The van der Waals surface area contributed by atoms with Crippen LogP contribution in [0.1, 0.15) is 25.5 Å². The molecule has 15 heavy (non-hydrogen) atoms. The van der Waals surface area contributed by atoms with E-state index in [4.69, 9.17) is 5.26 Å². The van der Waals surface area contributed by atoms with Gasteiger partial charge < -0.3 is 10.4 Å². The zero-order chi connectivity index (χ0) is 11.1. The fourth-order valence-electron chi connectivity index (χ4n) is 1.30. The Morgan fingerprint density at radius 2 is 2.47 bits per heavy atom. The molecule has 4 nitrogen and oxygen atoms in total. The summed E-state index contributed by atoms with van der Waals surface area (Å²) in [5.41, 5.74) is 1.04. The smallest absolute Gasteiger partial charge is 0.163 e. The van der Waals surface area contributed by atoms with Crippen LogP contribution in [0, 0.1) is 11.3 Å². The predicted molar refractivity (Wildman–Crippen MR) is 58.4 cm³/mol. The van der Waals surface area contributed by atoms with E-state index in [-0.39, 0.29) is 6.10 Å². The molecule has 1 aromatic heterocycles. The van der Waals surface area contributed by atoms with Crippen LogP contribution >= 0.6 is 0 Å². The third kappa shape index (κ3) is 3.56. The maximum atomic E-state index is 9.51. The molecule has 0 bridgehead atoms. The standard InChI is InChI=1S/C11H15N3O/c1-2-4-9(15)8-14-10-5-3-6-13-11(10)7-12/h3,5-6,9,14-15H,2,4,8H2,1H3. The van der Waals surface area contributed by atoms with E-state index in [0.29, 0.717) is 17.9 Å². The second-order valence-electron chi connectivity index (χ2n) is 3.33. The number of hydrogen-bond donors (Lipinski definition) is 2. The maximum absolute atomic E-state index is 9.51. The molecule has 1 atom stereocenters. The fourth-order valence-corrected chi connectivity index (χ4v) is 1.30. The van der Waals surface area contributed by atoms with E-state index in [0.717, 1.165) is 12.8 Å². The molecule has 80 valence electrons. The molecule has 0 amide bonds. The van der Waals surface area contributed by atoms with Crippen molar-refractivity contribution < 1.29 is 5.11 Å². The molecule has 0 radical (unpaired) electrons. The van der Waals surface area contributed by atoms with Crippen molar-refractivity contribution in [3.05, 3.63) is 24.0 Å². The van der Waals surface area contributed by atoms with Gasteiger partial charge in [-0.3, -0.25) is 0 Å². The molecule has 0 fully saturated rings. The molecule has 1 aromatic rings. The summed E-state index contributed by atoms with van der Waals surface area (Å²) in [5, 5.41) is 21.3. The third-order valence-corrected chi connectivity index (χ3v) is 2.06. The number of aliphatic hydroxyl groups is 1. The Kier molecular flexibility index (Phi) is 4.58. The predicted octanol–water partition coefficient (Wildman–Crippen LogP) is 1.53. The number of nitriles is 1. The highest BCUT2D eigenvalue weighted by molar-refractivity contribution is 5.53. The number of nitrogens with zero attached hydrogens (tertiary/aromatic N) is 2. The summed E-state index contributed by atoms with van der Waals surface area (Å²) in [6, 6.07) is 5.54. The van der Waals surface area contributed by atoms with Crippen LogP contribution < -0.4 is 5.32 Å². The van der Waals surface area contributed by atoms with Crippen LogP contribution in [0.25, 0.3) is 0 Å². The number of hydrogen-bond acceptors (Lipinski definition) is 4. The first-order valence-corrected chi connectivity index (χ1v) is 5.05. The number of rotatable bonds is 5. The van der Waals surface area contributed by atoms with E-state index in [1.165, 1.54) is 0 Å². The van der Waals surface area contributed by atoms with Gasteiger partial charge >= 0.3 is 0 Å². The van der Waals surface area contributed by atoms with Crippen molar-refractivity contribution in [3.63, 3.8) is 0 Å².